The van der Waals surface area contributed by atoms with E-state index in [9.17, 15) is 4.79 Å². The molecule has 0 fully saturated rings. The van der Waals surface area contributed by atoms with Gasteiger partial charge in [-0.2, -0.15) is 0 Å². The molecule has 0 aliphatic rings. The number of thiazole rings is 1. The Labute approximate surface area is 123 Å². The minimum absolute atomic E-state index is 0.0332. The van der Waals surface area contributed by atoms with Gasteiger partial charge in [-0.25, -0.2) is 4.98 Å². The zero-order valence-corrected chi connectivity index (χ0v) is 12.6. The van der Waals surface area contributed by atoms with E-state index in [0.29, 0.717) is 13.1 Å². The van der Waals surface area contributed by atoms with E-state index in [2.05, 4.69) is 22.4 Å². The van der Waals surface area contributed by atoms with Crippen LogP contribution in [0.15, 0.2) is 36.5 Å². The van der Waals surface area contributed by atoms with E-state index in [1.165, 1.54) is 0 Å². The summed E-state index contributed by atoms with van der Waals surface area (Å²) in [6.07, 6.45) is 1.87. The molecule has 0 atom stereocenters. The van der Waals surface area contributed by atoms with Gasteiger partial charge < -0.3 is 10.2 Å². The minimum atomic E-state index is 0.0332. The molecule has 1 aromatic heterocycles. The van der Waals surface area contributed by atoms with Gasteiger partial charge in [0.2, 0.25) is 5.91 Å². The molecule has 20 heavy (non-hydrogen) atoms. The van der Waals surface area contributed by atoms with Crippen LogP contribution < -0.4 is 10.2 Å². The van der Waals surface area contributed by atoms with Crippen molar-refractivity contribution < 1.29 is 4.79 Å². The highest BCUT2D eigenvalue weighted by Gasteiger charge is 2.13. The van der Waals surface area contributed by atoms with Gasteiger partial charge in [-0.1, -0.05) is 41.7 Å². The van der Waals surface area contributed by atoms with Crippen molar-refractivity contribution >= 4 is 22.4 Å². The van der Waals surface area contributed by atoms with Crippen LogP contribution >= 0.6 is 11.3 Å². The molecular formula is C15H19N3OS. The third-order valence-electron chi connectivity index (χ3n) is 2.91. The van der Waals surface area contributed by atoms with Crippen molar-refractivity contribution in [1.29, 1.82) is 0 Å². The van der Waals surface area contributed by atoms with Crippen LogP contribution in [0.3, 0.4) is 0 Å². The SMILES string of the molecule is CCNC(=O)CN(CC)c1ncc(-c2ccccc2)s1. The Morgan fingerprint density at radius 3 is 2.70 bits per heavy atom. The normalized spacial score (nSPS) is 10.3. The zero-order valence-electron chi connectivity index (χ0n) is 11.8. The number of carbonyl (C=O) groups is 1. The molecule has 0 aliphatic heterocycles. The molecule has 0 radical (unpaired) electrons. The first-order valence-electron chi connectivity index (χ1n) is 6.77. The predicted molar refractivity (Wildman–Crippen MR) is 84.1 cm³/mol. The molecule has 0 saturated carbocycles. The molecule has 0 aliphatic carbocycles. The lowest BCUT2D eigenvalue weighted by molar-refractivity contribution is -0.119. The summed E-state index contributed by atoms with van der Waals surface area (Å²) in [6.45, 7) is 5.72. The topological polar surface area (TPSA) is 45.2 Å². The van der Waals surface area contributed by atoms with Crippen molar-refractivity contribution in [2.45, 2.75) is 13.8 Å². The molecule has 1 N–H and O–H groups in total. The fourth-order valence-corrected chi connectivity index (χ4v) is 2.87. The monoisotopic (exact) mass is 289 g/mol. The molecule has 0 bridgehead atoms. The van der Waals surface area contributed by atoms with Gasteiger partial charge in [-0.15, -0.1) is 0 Å². The Bertz CT molecular complexity index is 553. The summed E-state index contributed by atoms with van der Waals surface area (Å²) in [5.41, 5.74) is 1.16. The third-order valence-corrected chi connectivity index (χ3v) is 4.02. The summed E-state index contributed by atoms with van der Waals surface area (Å²) in [4.78, 5) is 19.2. The fraction of sp³-hybridized carbons (Fsp3) is 0.333. The molecule has 2 rings (SSSR count). The molecule has 1 aromatic carbocycles. The van der Waals surface area contributed by atoms with Gasteiger partial charge in [-0.3, -0.25) is 4.79 Å². The Kier molecular flexibility index (Phi) is 5.12. The number of nitrogens with zero attached hydrogens (tertiary/aromatic N) is 2. The highest BCUT2D eigenvalue weighted by molar-refractivity contribution is 7.18. The van der Waals surface area contributed by atoms with Crippen LogP contribution in [0.2, 0.25) is 0 Å². The smallest absolute Gasteiger partial charge is 0.239 e. The number of benzene rings is 1. The number of carbonyl (C=O) groups excluding carboxylic acids is 1. The Morgan fingerprint density at radius 2 is 2.05 bits per heavy atom. The van der Waals surface area contributed by atoms with Crippen molar-refractivity contribution in [3.63, 3.8) is 0 Å². The number of likely N-dealkylation sites (N-methyl/N-ethyl adjacent to an activating group) is 2. The average Bonchev–Trinajstić information content (AvgIpc) is 2.95. The molecule has 4 nitrogen and oxygen atoms in total. The highest BCUT2D eigenvalue weighted by Crippen LogP contribution is 2.30. The number of amides is 1. The van der Waals surface area contributed by atoms with Crippen LogP contribution in [0.4, 0.5) is 5.13 Å². The molecular weight excluding hydrogens is 270 g/mol. The number of hydrogen-bond acceptors (Lipinski definition) is 4. The first-order valence-corrected chi connectivity index (χ1v) is 7.59. The molecule has 0 saturated heterocycles. The summed E-state index contributed by atoms with van der Waals surface area (Å²) < 4.78 is 0. The number of hydrogen-bond donors (Lipinski definition) is 1. The van der Waals surface area contributed by atoms with Gasteiger partial charge in [0.25, 0.3) is 0 Å². The second-order valence-electron chi connectivity index (χ2n) is 4.34. The molecule has 2 aromatic rings. The number of aromatic nitrogens is 1. The van der Waals surface area contributed by atoms with Gasteiger partial charge in [0.1, 0.15) is 0 Å². The molecule has 5 heteroatoms. The Hall–Kier alpha value is -1.88. The average molecular weight is 289 g/mol. The van der Waals surface area contributed by atoms with Crippen molar-refractivity contribution in [2.24, 2.45) is 0 Å². The van der Waals surface area contributed by atoms with Gasteiger partial charge in [0, 0.05) is 19.3 Å². The third kappa shape index (κ3) is 3.57. The van der Waals surface area contributed by atoms with Crippen LogP contribution in [0, 0.1) is 0 Å². The Balaban J connectivity index is 2.12. The zero-order chi connectivity index (χ0) is 14.4. The van der Waals surface area contributed by atoms with Crippen LogP contribution in [-0.2, 0) is 4.79 Å². The van der Waals surface area contributed by atoms with Gasteiger partial charge in [0.15, 0.2) is 5.13 Å². The minimum Gasteiger partial charge on any atom is -0.355 e. The molecule has 1 amide bonds. The second-order valence-corrected chi connectivity index (χ2v) is 5.35. The summed E-state index contributed by atoms with van der Waals surface area (Å²) >= 11 is 1.61. The standard InChI is InChI=1S/C15H19N3OS/c1-3-16-14(19)11-18(4-2)15-17-10-13(20-15)12-8-6-5-7-9-12/h5-10H,3-4,11H2,1-2H3,(H,16,19). The summed E-state index contributed by atoms with van der Waals surface area (Å²) in [5.74, 6) is 0.0332. The first-order chi connectivity index (χ1) is 9.74. The van der Waals surface area contributed by atoms with E-state index in [4.69, 9.17) is 0 Å². The quantitative estimate of drug-likeness (QED) is 0.889. The van der Waals surface area contributed by atoms with Crippen molar-refractivity contribution in [3.8, 4) is 10.4 Å². The molecule has 106 valence electrons. The summed E-state index contributed by atoms with van der Waals surface area (Å²) in [7, 11) is 0. The van der Waals surface area contributed by atoms with E-state index >= 15 is 0 Å². The summed E-state index contributed by atoms with van der Waals surface area (Å²) in [5, 5.41) is 3.70. The number of nitrogens with one attached hydrogen (secondary N) is 1. The lowest BCUT2D eigenvalue weighted by Gasteiger charge is -2.18. The largest absolute Gasteiger partial charge is 0.355 e. The molecule has 0 spiro atoms. The first kappa shape index (κ1) is 14.5. The van der Waals surface area contributed by atoms with E-state index in [1.807, 2.05) is 43.1 Å². The highest BCUT2D eigenvalue weighted by atomic mass is 32.1. The van der Waals surface area contributed by atoms with Crippen molar-refractivity contribution in [1.82, 2.24) is 10.3 Å². The lowest BCUT2D eigenvalue weighted by Crippen LogP contribution is -2.37. The van der Waals surface area contributed by atoms with E-state index < -0.39 is 0 Å². The van der Waals surface area contributed by atoms with E-state index in [-0.39, 0.29) is 5.91 Å². The molecule has 1 heterocycles. The predicted octanol–water partition coefficient (Wildman–Crippen LogP) is 2.77. The van der Waals surface area contributed by atoms with Gasteiger partial charge in [-0.05, 0) is 19.4 Å². The van der Waals surface area contributed by atoms with Crippen molar-refractivity contribution in [2.75, 3.05) is 24.5 Å². The van der Waals surface area contributed by atoms with Crippen LogP contribution in [0.1, 0.15) is 13.8 Å². The van der Waals surface area contributed by atoms with Crippen LogP contribution in [0.5, 0.6) is 0 Å². The van der Waals surface area contributed by atoms with Crippen LogP contribution in [0.25, 0.3) is 10.4 Å². The maximum Gasteiger partial charge on any atom is 0.239 e. The molecule has 0 unspecified atom stereocenters. The maximum atomic E-state index is 11.7. The van der Waals surface area contributed by atoms with Crippen LogP contribution in [-0.4, -0.2) is 30.5 Å². The number of anilines is 1. The van der Waals surface area contributed by atoms with Gasteiger partial charge in [0.05, 0.1) is 11.4 Å². The fourth-order valence-electron chi connectivity index (χ4n) is 1.89. The second kappa shape index (κ2) is 7.05. The number of rotatable bonds is 6. The lowest BCUT2D eigenvalue weighted by atomic mass is 10.2. The van der Waals surface area contributed by atoms with Crippen molar-refractivity contribution in [3.05, 3.63) is 36.5 Å². The van der Waals surface area contributed by atoms with Gasteiger partial charge >= 0.3 is 0 Å². The summed E-state index contributed by atoms with van der Waals surface area (Å²) in [6, 6.07) is 10.2. The van der Waals surface area contributed by atoms with E-state index in [1.54, 1.807) is 11.3 Å². The maximum absolute atomic E-state index is 11.7. The Morgan fingerprint density at radius 1 is 1.30 bits per heavy atom. The van der Waals surface area contributed by atoms with E-state index in [0.717, 1.165) is 22.1 Å².